The lowest BCUT2D eigenvalue weighted by molar-refractivity contribution is -0.137. The normalized spacial score (nSPS) is 15.8. The Morgan fingerprint density at radius 2 is 2.00 bits per heavy atom. The number of urea groups is 1. The van der Waals surface area contributed by atoms with Crippen LogP contribution in [0, 0.1) is 0 Å². The number of fused-ring (bicyclic) bond motifs is 2. The minimum Gasteiger partial charge on any atom is -0.363 e. The van der Waals surface area contributed by atoms with Crippen LogP contribution in [0.15, 0.2) is 42.6 Å². The van der Waals surface area contributed by atoms with Gasteiger partial charge < -0.3 is 10.2 Å². The van der Waals surface area contributed by atoms with Gasteiger partial charge in [-0.05, 0) is 54.3 Å². The van der Waals surface area contributed by atoms with Gasteiger partial charge in [-0.25, -0.2) is 19.7 Å². The van der Waals surface area contributed by atoms with E-state index in [0.29, 0.717) is 35.0 Å². The molecule has 0 spiro atoms. The summed E-state index contributed by atoms with van der Waals surface area (Å²) in [5, 5.41) is 3.16. The number of carbonyl (C=O) groups excluding carboxylic acids is 1. The van der Waals surface area contributed by atoms with Gasteiger partial charge in [0.15, 0.2) is 0 Å². The molecule has 11 heteroatoms. The average Bonchev–Trinajstić information content (AvgIpc) is 3.42. The topological polar surface area (TPSA) is 74.2 Å². The molecule has 0 fully saturated rings. The molecule has 1 N–H and O–H groups in total. The van der Waals surface area contributed by atoms with Gasteiger partial charge in [0.2, 0.25) is 5.28 Å². The molecule has 0 aliphatic carbocycles. The first kappa shape index (κ1) is 22.4. The molecule has 176 valence electrons. The maximum absolute atomic E-state index is 13.3. The highest BCUT2D eigenvalue weighted by molar-refractivity contribution is 6.28. The summed E-state index contributed by atoms with van der Waals surface area (Å²) in [5.41, 5.74) is 2.04. The summed E-state index contributed by atoms with van der Waals surface area (Å²) in [7, 11) is 0. The first-order valence-corrected chi connectivity index (χ1v) is 11.1. The van der Waals surface area contributed by atoms with E-state index in [-0.39, 0.29) is 24.4 Å². The summed E-state index contributed by atoms with van der Waals surface area (Å²) in [6.45, 7) is 2.79. The van der Waals surface area contributed by atoms with Crippen LogP contribution in [-0.4, -0.2) is 32.4 Å². The molecule has 1 aromatic carbocycles. The van der Waals surface area contributed by atoms with E-state index in [2.05, 4.69) is 20.3 Å². The number of amides is 2. The Morgan fingerprint density at radius 1 is 1.18 bits per heavy atom. The molecule has 0 bridgehead atoms. The molecule has 7 nitrogen and oxygen atoms in total. The van der Waals surface area contributed by atoms with Crippen LogP contribution in [0.3, 0.4) is 0 Å². The predicted molar refractivity (Wildman–Crippen MR) is 120 cm³/mol. The van der Waals surface area contributed by atoms with E-state index >= 15 is 0 Å². The molecule has 0 saturated carbocycles. The van der Waals surface area contributed by atoms with Crippen molar-refractivity contribution in [3.63, 3.8) is 0 Å². The molecule has 2 aromatic heterocycles. The first-order valence-electron chi connectivity index (χ1n) is 10.7. The fraction of sp³-hybridized carbons (Fsp3) is 0.304. The number of alkyl halides is 3. The smallest absolute Gasteiger partial charge is 0.363 e. The lowest BCUT2D eigenvalue weighted by Gasteiger charge is -2.23. The van der Waals surface area contributed by atoms with Gasteiger partial charge >= 0.3 is 12.2 Å². The van der Waals surface area contributed by atoms with Crippen LogP contribution < -0.4 is 10.2 Å². The minimum absolute atomic E-state index is 0.0000222. The summed E-state index contributed by atoms with van der Waals surface area (Å²) in [5.74, 6) is 1.05. The Bertz CT molecular complexity index is 1270. The Hall–Kier alpha value is -3.40. The largest absolute Gasteiger partial charge is 0.416 e. The molecule has 1 atom stereocenters. The number of hydrogen-bond acceptors (Lipinski definition) is 5. The zero-order chi connectivity index (χ0) is 24.0. The van der Waals surface area contributed by atoms with Crippen molar-refractivity contribution in [2.45, 2.75) is 38.7 Å². The van der Waals surface area contributed by atoms with Gasteiger partial charge in [0.1, 0.15) is 11.6 Å². The molecule has 5 rings (SSSR count). The number of carbonyl (C=O) groups is 1. The van der Waals surface area contributed by atoms with Crippen LogP contribution in [0.2, 0.25) is 5.28 Å². The second-order valence-electron chi connectivity index (χ2n) is 8.28. The van der Waals surface area contributed by atoms with Crippen molar-refractivity contribution in [2.75, 3.05) is 16.8 Å². The van der Waals surface area contributed by atoms with Crippen molar-refractivity contribution in [3.05, 3.63) is 75.8 Å². The number of halogens is 4. The lowest BCUT2D eigenvalue weighted by Crippen LogP contribution is -2.40. The highest BCUT2D eigenvalue weighted by atomic mass is 35.5. The number of anilines is 2. The minimum atomic E-state index is -4.43. The molecule has 4 heterocycles. The Balaban J connectivity index is 1.37. The van der Waals surface area contributed by atoms with Crippen LogP contribution >= 0.6 is 11.6 Å². The maximum Gasteiger partial charge on any atom is 0.416 e. The fourth-order valence-corrected chi connectivity index (χ4v) is 4.50. The quantitative estimate of drug-likeness (QED) is 0.512. The summed E-state index contributed by atoms with van der Waals surface area (Å²) >= 11 is 6.13. The van der Waals surface area contributed by atoms with Crippen molar-refractivity contribution in [3.8, 4) is 0 Å². The second kappa shape index (κ2) is 8.43. The lowest BCUT2D eigenvalue weighted by atomic mass is 10.0. The third-order valence-corrected chi connectivity index (χ3v) is 6.22. The van der Waals surface area contributed by atoms with E-state index in [9.17, 15) is 18.0 Å². The molecule has 0 saturated heterocycles. The van der Waals surface area contributed by atoms with E-state index in [1.807, 2.05) is 12.1 Å². The summed E-state index contributed by atoms with van der Waals surface area (Å²) in [6, 6.07) is 8.24. The van der Waals surface area contributed by atoms with Crippen molar-refractivity contribution in [1.82, 2.24) is 19.9 Å². The van der Waals surface area contributed by atoms with Gasteiger partial charge in [-0.1, -0.05) is 18.2 Å². The van der Waals surface area contributed by atoms with Crippen LogP contribution in [0.1, 0.15) is 40.9 Å². The fourth-order valence-electron chi connectivity index (χ4n) is 4.32. The van der Waals surface area contributed by atoms with Gasteiger partial charge in [0, 0.05) is 24.3 Å². The molecule has 2 aliphatic heterocycles. The molecule has 3 aromatic rings. The van der Waals surface area contributed by atoms with Crippen molar-refractivity contribution in [1.29, 1.82) is 0 Å². The van der Waals surface area contributed by atoms with Gasteiger partial charge in [0.05, 0.1) is 24.3 Å². The molecule has 2 aliphatic rings. The summed E-state index contributed by atoms with van der Waals surface area (Å²) in [6.07, 6.45) is -2.03. The zero-order valence-electron chi connectivity index (χ0n) is 18.1. The van der Waals surface area contributed by atoms with Gasteiger partial charge in [-0.2, -0.15) is 13.2 Å². The van der Waals surface area contributed by atoms with Crippen LogP contribution in [0.4, 0.5) is 29.6 Å². The van der Waals surface area contributed by atoms with E-state index < -0.39 is 17.8 Å². The Morgan fingerprint density at radius 3 is 2.79 bits per heavy atom. The number of nitrogens with zero attached hydrogens (tertiary/aromatic N) is 5. The van der Waals surface area contributed by atoms with E-state index in [4.69, 9.17) is 11.6 Å². The molecule has 2 amide bonds. The van der Waals surface area contributed by atoms with Gasteiger partial charge in [-0.15, -0.1) is 0 Å². The number of pyridine rings is 1. The number of benzene rings is 1. The molecule has 34 heavy (non-hydrogen) atoms. The zero-order valence-corrected chi connectivity index (χ0v) is 18.9. The highest BCUT2D eigenvalue weighted by Gasteiger charge is 2.35. The third-order valence-electron chi connectivity index (χ3n) is 6.05. The highest BCUT2D eigenvalue weighted by Crippen LogP contribution is 2.35. The average molecular weight is 489 g/mol. The van der Waals surface area contributed by atoms with E-state index in [1.165, 1.54) is 6.07 Å². The summed E-state index contributed by atoms with van der Waals surface area (Å²) < 4.78 is 39.4. The number of aromatic nitrogens is 3. The monoisotopic (exact) mass is 488 g/mol. The molecular weight excluding hydrogens is 469 g/mol. The van der Waals surface area contributed by atoms with Crippen LogP contribution in [-0.2, 0) is 25.7 Å². The molecule has 0 unspecified atom stereocenters. The van der Waals surface area contributed by atoms with E-state index in [1.54, 1.807) is 29.0 Å². The van der Waals surface area contributed by atoms with Gasteiger partial charge in [-0.3, -0.25) is 4.90 Å². The maximum atomic E-state index is 13.3. The Kier molecular flexibility index (Phi) is 5.55. The summed E-state index contributed by atoms with van der Waals surface area (Å²) in [4.78, 5) is 29.4. The van der Waals surface area contributed by atoms with Crippen molar-refractivity contribution in [2.24, 2.45) is 0 Å². The molecule has 0 radical (unpaired) electrons. The van der Waals surface area contributed by atoms with Crippen molar-refractivity contribution < 1.29 is 18.0 Å². The van der Waals surface area contributed by atoms with Gasteiger partial charge in [0.25, 0.3) is 0 Å². The van der Waals surface area contributed by atoms with Crippen molar-refractivity contribution >= 4 is 29.3 Å². The molecular formula is C23H20ClF3N6O. The first-order chi connectivity index (χ1) is 16.2. The second-order valence-corrected chi connectivity index (χ2v) is 8.62. The standard InChI is InChI=1S/C23H20ClF3N6O/c1-13(15-4-2-6-16(10-15)23(25,26)27)29-19-17-11-32(12-18(17)30-21(24)31-19)22(34)33-9-7-14-5-3-8-28-20(14)33/h2-6,8,10,13H,7,9,11-12H2,1H3,(H,29,30,31)/t13-/m1/s1. The predicted octanol–water partition coefficient (Wildman–Crippen LogP) is 5.22. The van der Waals surface area contributed by atoms with Crippen LogP contribution in [0.25, 0.3) is 0 Å². The number of rotatable bonds is 3. The number of hydrogen-bond donors (Lipinski definition) is 1. The van der Waals surface area contributed by atoms with Crippen LogP contribution in [0.5, 0.6) is 0 Å². The third kappa shape index (κ3) is 4.13. The SMILES string of the molecule is C[C@@H](Nc1nc(Cl)nc2c1CN(C(=O)N1CCc3cccnc31)C2)c1cccc(C(F)(F)F)c1. The Labute approximate surface area is 198 Å². The van der Waals surface area contributed by atoms with E-state index in [0.717, 1.165) is 24.1 Å². The number of nitrogens with one attached hydrogen (secondary N) is 1.